The van der Waals surface area contributed by atoms with Crippen molar-refractivity contribution in [3.8, 4) is 11.4 Å². The maximum Gasteiger partial charge on any atom is 0.163 e. The highest BCUT2D eigenvalue weighted by molar-refractivity contribution is 5.62. The lowest BCUT2D eigenvalue weighted by Gasteiger charge is -2.21. The number of aliphatic hydroxyl groups is 1. The molecule has 1 aliphatic heterocycles. The lowest BCUT2D eigenvalue weighted by Crippen LogP contribution is -2.30. The number of anilines is 2. The van der Waals surface area contributed by atoms with E-state index in [0.29, 0.717) is 12.4 Å². The maximum atomic E-state index is 10.1. The SMILES string of the molecule is CNc1cc(N2CCC(C)(O)C2)nc(-c2ccccc2)n1. The van der Waals surface area contributed by atoms with Gasteiger partial charge in [-0.3, -0.25) is 0 Å². The number of β-amino-alcohol motifs (C(OH)–C–C–N with tert-alkyl or cyclic N) is 1. The Labute approximate surface area is 124 Å². The van der Waals surface area contributed by atoms with Gasteiger partial charge in [-0.2, -0.15) is 0 Å². The maximum absolute atomic E-state index is 10.1. The number of benzene rings is 1. The average Bonchev–Trinajstić information content (AvgIpc) is 2.88. The molecule has 21 heavy (non-hydrogen) atoms. The van der Waals surface area contributed by atoms with E-state index in [0.717, 1.165) is 30.2 Å². The lowest BCUT2D eigenvalue weighted by molar-refractivity contribution is 0.0839. The van der Waals surface area contributed by atoms with Crippen LogP contribution in [0.4, 0.5) is 11.6 Å². The third-order valence-corrected chi connectivity index (χ3v) is 3.78. The van der Waals surface area contributed by atoms with Crippen molar-refractivity contribution >= 4 is 11.6 Å². The van der Waals surface area contributed by atoms with Crippen molar-refractivity contribution in [2.75, 3.05) is 30.4 Å². The Morgan fingerprint density at radius 3 is 2.62 bits per heavy atom. The molecule has 1 saturated heterocycles. The first-order chi connectivity index (χ1) is 10.1. The number of nitrogens with one attached hydrogen (secondary N) is 1. The monoisotopic (exact) mass is 284 g/mol. The van der Waals surface area contributed by atoms with Crippen molar-refractivity contribution in [1.82, 2.24) is 9.97 Å². The summed E-state index contributed by atoms with van der Waals surface area (Å²) in [5.41, 5.74) is 0.347. The second kappa shape index (κ2) is 5.33. The standard InChI is InChI=1S/C16H20N4O/c1-16(21)8-9-20(11-16)14-10-13(17-2)18-15(19-14)12-6-4-3-5-7-12/h3-7,10,21H,8-9,11H2,1-2H3,(H,17,18,19). The molecule has 1 aromatic carbocycles. The number of nitrogens with zero attached hydrogens (tertiary/aromatic N) is 3. The molecule has 5 nitrogen and oxygen atoms in total. The molecule has 2 N–H and O–H groups in total. The first-order valence-corrected chi connectivity index (χ1v) is 7.17. The van der Waals surface area contributed by atoms with Crippen LogP contribution in [0.1, 0.15) is 13.3 Å². The van der Waals surface area contributed by atoms with Gasteiger partial charge >= 0.3 is 0 Å². The minimum absolute atomic E-state index is 0.599. The largest absolute Gasteiger partial charge is 0.388 e. The van der Waals surface area contributed by atoms with Gasteiger partial charge in [-0.1, -0.05) is 30.3 Å². The lowest BCUT2D eigenvalue weighted by atomic mass is 10.1. The molecule has 0 bridgehead atoms. The summed E-state index contributed by atoms with van der Waals surface area (Å²) < 4.78 is 0. The molecule has 2 aromatic rings. The van der Waals surface area contributed by atoms with Crippen LogP contribution >= 0.6 is 0 Å². The summed E-state index contributed by atoms with van der Waals surface area (Å²) in [6.07, 6.45) is 0.757. The molecule has 1 aliphatic rings. The second-order valence-electron chi connectivity index (χ2n) is 5.72. The smallest absolute Gasteiger partial charge is 0.163 e. The molecule has 1 fully saturated rings. The van der Waals surface area contributed by atoms with Crippen molar-refractivity contribution in [1.29, 1.82) is 0 Å². The highest BCUT2D eigenvalue weighted by atomic mass is 16.3. The molecule has 2 heterocycles. The fourth-order valence-electron chi connectivity index (χ4n) is 2.58. The van der Waals surface area contributed by atoms with Gasteiger partial charge < -0.3 is 15.3 Å². The summed E-state index contributed by atoms with van der Waals surface area (Å²) in [6, 6.07) is 11.9. The van der Waals surface area contributed by atoms with E-state index in [1.54, 1.807) is 0 Å². The Bertz CT molecular complexity index is 627. The van der Waals surface area contributed by atoms with E-state index in [2.05, 4.69) is 20.2 Å². The van der Waals surface area contributed by atoms with E-state index in [1.807, 2.05) is 50.4 Å². The van der Waals surface area contributed by atoms with Crippen LogP contribution in [-0.4, -0.2) is 40.8 Å². The van der Waals surface area contributed by atoms with Crippen molar-refractivity contribution in [3.63, 3.8) is 0 Å². The number of hydrogen-bond acceptors (Lipinski definition) is 5. The van der Waals surface area contributed by atoms with E-state index in [1.165, 1.54) is 0 Å². The summed E-state index contributed by atoms with van der Waals surface area (Å²) in [7, 11) is 1.85. The minimum atomic E-state index is -0.641. The third kappa shape index (κ3) is 2.97. The van der Waals surface area contributed by atoms with Gasteiger partial charge in [-0.25, -0.2) is 9.97 Å². The topological polar surface area (TPSA) is 61.3 Å². The molecule has 0 saturated carbocycles. The van der Waals surface area contributed by atoms with Gasteiger partial charge in [-0.05, 0) is 13.3 Å². The molecule has 0 radical (unpaired) electrons. The summed E-state index contributed by atoms with van der Waals surface area (Å²) in [5.74, 6) is 2.33. The molecule has 110 valence electrons. The van der Waals surface area contributed by atoms with Crippen LogP contribution in [0.5, 0.6) is 0 Å². The Morgan fingerprint density at radius 1 is 1.24 bits per heavy atom. The van der Waals surface area contributed by atoms with E-state index in [9.17, 15) is 5.11 Å². The van der Waals surface area contributed by atoms with Gasteiger partial charge in [0.05, 0.1) is 5.60 Å². The zero-order valence-corrected chi connectivity index (χ0v) is 12.4. The molecule has 0 spiro atoms. The van der Waals surface area contributed by atoms with Gasteiger partial charge in [0.15, 0.2) is 5.82 Å². The van der Waals surface area contributed by atoms with Crippen LogP contribution in [0.15, 0.2) is 36.4 Å². The first kappa shape index (κ1) is 13.8. The van der Waals surface area contributed by atoms with Crippen LogP contribution in [0.3, 0.4) is 0 Å². The quantitative estimate of drug-likeness (QED) is 0.904. The minimum Gasteiger partial charge on any atom is -0.388 e. The van der Waals surface area contributed by atoms with E-state index >= 15 is 0 Å². The Balaban J connectivity index is 1.98. The van der Waals surface area contributed by atoms with Gasteiger partial charge in [0.1, 0.15) is 11.6 Å². The molecule has 3 rings (SSSR count). The fourth-order valence-corrected chi connectivity index (χ4v) is 2.58. The van der Waals surface area contributed by atoms with Crippen LogP contribution in [0.25, 0.3) is 11.4 Å². The van der Waals surface area contributed by atoms with Gasteiger partial charge in [-0.15, -0.1) is 0 Å². The fraction of sp³-hybridized carbons (Fsp3) is 0.375. The van der Waals surface area contributed by atoms with Gasteiger partial charge in [0, 0.05) is 31.8 Å². The van der Waals surface area contributed by atoms with Crippen LogP contribution < -0.4 is 10.2 Å². The predicted octanol–water partition coefficient (Wildman–Crippen LogP) is 2.15. The van der Waals surface area contributed by atoms with Crippen molar-refractivity contribution in [3.05, 3.63) is 36.4 Å². The number of aromatic nitrogens is 2. The Morgan fingerprint density at radius 2 is 2.00 bits per heavy atom. The summed E-state index contributed by atoms with van der Waals surface area (Å²) in [4.78, 5) is 11.3. The van der Waals surface area contributed by atoms with Crippen LogP contribution in [-0.2, 0) is 0 Å². The molecule has 1 atom stereocenters. The molecular weight excluding hydrogens is 264 g/mol. The summed E-state index contributed by atoms with van der Waals surface area (Å²) >= 11 is 0. The van der Waals surface area contributed by atoms with Crippen molar-refractivity contribution < 1.29 is 5.11 Å². The van der Waals surface area contributed by atoms with Gasteiger partial charge in [0.25, 0.3) is 0 Å². The van der Waals surface area contributed by atoms with E-state index in [4.69, 9.17) is 0 Å². The molecule has 1 aromatic heterocycles. The normalized spacial score (nSPS) is 21.6. The highest BCUT2D eigenvalue weighted by Crippen LogP contribution is 2.28. The van der Waals surface area contributed by atoms with Crippen LogP contribution in [0, 0.1) is 0 Å². The average molecular weight is 284 g/mol. The molecular formula is C16H20N4O. The zero-order valence-electron chi connectivity index (χ0n) is 12.4. The number of rotatable bonds is 3. The van der Waals surface area contributed by atoms with Crippen molar-refractivity contribution in [2.45, 2.75) is 18.9 Å². The number of hydrogen-bond donors (Lipinski definition) is 2. The third-order valence-electron chi connectivity index (χ3n) is 3.78. The Hall–Kier alpha value is -2.14. The summed E-state index contributed by atoms with van der Waals surface area (Å²) in [6.45, 7) is 3.27. The van der Waals surface area contributed by atoms with E-state index < -0.39 is 5.60 Å². The second-order valence-corrected chi connectivity index (χ2v) is 5.72. The molecule has 0 aliphatic carbocycles. The molecule has 5 heteroatoms. The van der Waals surface area contributed by atoms with Crippen LogP contribution in [0.2, 0.25) is 0 Å². The summed E-state index contributed by atoms with van der Waals surface area (Å²) in [5, 5.41) is 13.2. The van der Waals surface area contributed by atoms with E-state index in [-0.39, 0.29) is 0 Å². The highest BCUT2D eigenvalue weighted by Gasteiger charge is 2.32. The molecule has 1 unspecified atom stereocenters. The molecule has 0 amide bonds. The van der Waals surface area contributed by atoms with Crippen molar-refractivity contribution in [2.24, 2.45) is 0 Å². The predicted molar refractivity (Wildman–Crippen MR) is 84.5 cm³/mol. The van der Waals surface area contributed by atoms with Gasteiger partial charge in [0.2, 0.25) is 0 Å². The first-order valence-electron chi connectivity index (χ1n) is 7.17. The Kier molecular flexibility index (Phi) is 3.51. The zero-order chi connectivity index (χ0) is 14.9.